The number of alkyl halides is 3. The minimum atomic E-state index is -4.36. The lowest BCUT2D eigenvalue weighted by atomic mass is 10.1. The van der Waals surface area contributed by atoms with Crippen LogP contribution < -0.4 is 5.73 Å². The molecule has 2 nitrogen and oxygen atoms in total. The van der Waals surface area contributed by atoms with E-state index in [1.807, 2.05) is 31.2 Å². The van der Waals surface area contributed by atoms with Gasteiger partial charge in [0.1, 0.15) is 0 Å². The third-order valence-corrected chi connectivity index (χ3v) is 4.19. The molecule has 0 radical (unpaired) electrons. The second kappa shape index (κ2) is 6.49. The molecule has 2 rings (SSSR count). The van der Waals surface area contributed by atoms with Gasteiger partial charge in [-0.3, -0.25) is 0 Å². The Morgan fingerprint density at radius 3 is 2.52 bits per heavy atom. The summed E-state index contributed by atoms with van der Waals surface area (Å²) in [4.78, 5) is 3.87. The van der Waals surface area contributed by atoms with Crippen molar-refractivity contribution in [1.82, 2.24) is 4.98 Å². The van der Waals surface area contributed by atoms with Crippen molar-refractivity contribution >= 4 is 11.8 Å². The van der Waals surface area contributed by atoms with Gasteiger partial charge in [-0.25, -0.2) is 4.98 Å². The first kappa shape index (κ1) is 15.9. The topological polar surface area (TPSA) is 38.9 Å². The molecule has 0 aliphatic carbocycles. The Bertz CT molecular complexity index is 597. The van der Waals surface area contributed by atoms with Crippen LogP contribution in [0.15, 0.2) is 47.6 Å². The van der Waals surface area contributed by atoms with Gasteiger partial charge in [-0.2, -0.15) is 13.2 Å². The molecule has 0 bridgehead atoms. The number of nitrogens with zero attached hydrogens (tertiary/aromatic N) is 1. The SMILES string of the molecule is Cc1cccc(C(CN)Sc2ccc(C(F)(F)F)cn2)c1. The van der Waals surface area contributed by atoms with Gasteiger partial charge in [0, 0.05) is 18.0 Å². The predicted octanol–water partition coefficient (Wildman–Crippen LogP) is 4.20. The van der Waals surface area contributed by atoms with E-state index in [9.17, 15) is 13.2 Å². The highest BCUT2D eigenvalue weighted by Crippen LogP contribution is 2.35. The van der Waals surface area contributed by atoms with Gasteiger partial charge in [-0.15, -0.1) is 0 Å². The lowest BCUT2D eigenvalue weighted by molar-refractivity contribution is -0.137. The summed E-state index contributed by atoms with van der Waals surface area (Å²) in [7, 11) is 0. The van der Waals surface area contributed by atoms with Gasteiger partial charge in [0.05, 0.1) is 10.6 Å². The summed E-state index contributed by atoms with van der Waals surface area (Å²) < 4.78 is 37.5. The van der Waals surface area contributed by atoms with Crippen LogP contribution in [0.2, 0.25) is 0 Å². The Morgan fingerprint density at radius 1 is 1.24 bits per heavy atom. The Balaban J connectivity index is 2.15. The zero-order chi connectivity index (χ0) is 15.5. The first-order valence-corrected chi connectivity index (χ1v) is 7.24. The molecular weight excluding hydrogens is 297 g/mol. The molecule has 1 heterocycles. The Morgan fingerprint density at radius 2 is 2.00 bits per heavy atom. The lowest BCUT2D eigenvalue weighted by Crippen LogP contribution is -2.10. The van der Waals surface area contributed by atoms with Crippen molar-refractivity contribution in [2.24, 2.45) is 5.73 Å². The number of rotatable bonds is 4. The molecule has 0 amide bonds. The number of nitrogens with two attached hydrogens (primary N) is 1. The van der Waals surface area contributed by atoms with Crippen LogP contribution in [0.5, 0.6) is 0 Å². The van der Waals surface area contributed by atoms with E-state index in [4.69, 9.17) is 5.73 Å². The van der Waals surface area contributed by atoms with E-state index in [2.05, 4.69) is 4.98 Å². The van der Waals surface area contributed by atoms with E-state index in [0.29, 0.717) is 11.6 Å². The second-order valence-electron chi connectivity index (χ2n) is 4.64. The summed E-state index contributed by atoms with van der Waals surface area (Å²) in [5.74, 6) is 0. The van der Waals surface area contributed by atoms with E-state index in [0.717, 1.165) is 23.4 Å². The summed E-state index contributed by atoms with van der Waals surface area (Å²) in [5.41, 5.74) is 7.19. The van der Waals surface area contributed by atoms with Crippen LogP contribution in [0.3, 0.4) is 0 Å². The third-order valence-electron chi connectivity index (χ3n) is 2.95. The van der Waals surface area contributed by atoms with Crippen molar-refractivity contribution in [3.05, 3.63) is 59.3 Å². The van der Waals surface area contributed by atoms with Gasteiger partial charge in [0.25, 0.3) is 0 Å². The molecule has 0 saturated carbocycles. The summed E-state index contributed by atoms with van der Waals surface area (Å²) in [6.45, 7) is 2.37. The van der Waals surface area contributed by atoms with Gasteiger partial charge in [0.2, 0.25) is 0 Å². The Kier molecular flexibility index (Phi) is 4.90. The molecule has 0 saturated heterocycles. The van der Waals surface area contributed by atoms with Crippen LogP contribution in [-0.4, -0.2) is 11.5 Å². The summed E-state index contributed by atoms with van der Waals surface area (Å²) in [5, 5.41) is 0.495. The Hall–Kier alpha value is -1.53. The highest BCUT2D eigenvalue weighted by Gasteiger charge is 2.30. The molecule has 2 N–H and O–H groups in total. The first-order valence-electron chi connectivity index (χ1n) is 6.36. The predicted molar refractivity (Wildman–Crippen MR) is 78.1 cm³/mol. The minimum Gasteiger partial charge on any atom is -0.329 e. The third kappa shape index (κ3) is 4.22. The second-order valence-corrected chi connectivity index (χ2v) is 5.86. The van der Waals surface area contributed by atoms with Crippen molar-refractivity contribution in [3.63, 3.8) is 0 Å². The van der Waals surface area contributed by atoms with Gasteiger partial charge >= 0.3 is 6.18 Å². The van der Waals surface area contributed by atoms with Crippen LogP contribution in [0, 0.1) is 6.92 Å². The van der Waals surface area contributed by atoms with Gasteiger partial charge in [0.15, 0.2) is 0 Å². The maximum Gasteiger partial charge on any atom is 0.417 e. The largest absolute Gasteiger partial charge is 0.417 e. The van der Waals surface area contributed by atoms with E-state index in [-0.39, 0.29) is 5.25 Å². The highest BCUT2D eigenvalue weighted by atomic mass is 32.2. The van der Waals surface area contributed by atoms with Crippen molar-refractivity contribution < 1.29 is 13.2 Å². The fraction of sp³-hybridized carbons (Fsp3) is 0.267. The summed E-state index contributed by atoms with van der Waals surface area (Å²) in [6.07, 6.45) is -3.51. The molecule has 21 heavy (non-hydrogen) atoms. The normalized spacial score (nSPS) is 13.2. The molecule has 112 valence electrons. The lowest BCUT2D eigenvalue weighted by Gasteiger charge is -2.15. The van der Waals surface area contributed by atoms with E-state index in [1.165, 1.54) is 17.8 Å². The molecule has 0 aliphatic heterocycles. The monoisotopic (exact) mass is 312 g/mol. The number of pyridine rings is 1. The first-order chi connectivity index (χ1) is 9.90. The fourth-order valence-corrected chi connectivity index (χ4v) is 2.82. The smallest absolute Gasteiger partial charge is 0.329 e. The van der Waals surface area contributed by atoms with Crippen molar-refractivity contribution in [3.8, 4) is 0 Å². The quantitative estimate of drug-likeness (QED) is 0.860. The number of aromatic nitrogens is 1. The van der Waals surface area contributed by atoms with Crippen molar-refractivity contribution in [2.75, 3.05) is 6.54 Å². The zero-order valence-corrected chi connectivity index (χ0v) is 12.2. The van der Waals surface area contributed by atoms with Crippen LogP contribution in [-0.2, 0) is 6.18 Å². The van der Waals surface area contributed by atoms with Crippen LogP contribution in [0.1, 0.15) is 21.9 Å². The molecule has 1 aromatic carbocycles. The standard InChI is InChI=1S/C15H15F3N2S/c1-10-3-2-4-11(7-10)13(8-19)21-14-6-5-12(9-20-14)15(16,17)18/h2-7,9,13H,8,19H2,1H3. The van der Waals surface area contributed by atoms with Gasteiger partial charge in [-0.1, -0.05) is 41.6 Å². The number of thioether (sulfide) groups is 1. The van der Waals surface area contributed by atoms with Crippen LogP contribution in [0.4, 0.5) is 13.2 Å². The molecule has 0 fully saturated rings. The molecule has 1 unspecified atom stereocenters. The average Bonchev–Trinajstić information content (AvgIpc) is 2.44. The van der Waals surface area contributed by atoms with E-state index >= 15 is 0 Å². The average molecular weight is 312 g/mol. The van der Waals surface area contributed by atoms with E-state index < -0.39 is 11.7 Å². The summed E-state index contributed by atoms with van der Waals surface area (Å²) >= 11 is 1.37. The minimum absolute atomic E-state index is 0.0332. The fourth-order valence-electron chi connectivity index (χ4n) is 1.89. The molecule has 2 aromatic rings. The highest BCUT2D eigenvalue weighted by molar-refractivity contribution is 7.99. The molecule has 6 heteroatoms. The number of aryl methyl sites for hydroxylation is 1. The molecule has 1 aromatic heterocycles. The molecule has 0 aliphatic rings. The number of halogens is 3. The summed E-state index contributed by atoms with van der Waals surface area (Å²) in [6, 6.07) is 10.3. The van der Waals surface area contributed by atoms with E-state index in [1.54, 1.807) is 0 Å². The number of hydrogen-bond acceptors (Lipinski definition) is 3. The van der Waals surface area contributed by atoms with Crippen molar-refractivity contribution in [1.29, 1.82) is 0 Å². The van der Waals surface area contributed by atoms with Crippen LogP contribution >= 0.6 is 11.8 Å². The maximum atomic E-state index is 12.5. The molecule has 1 atom stereocenters. The maximum absolute atomic E-state index is 12.5. The molecule has 0 spiro atoms. The van der Waals surface area contributed by atoms with Gasteiger partial charge < -0.3 is 5.73 Å². The van der Waals surface area contributed by atoms with Gasteiger partial charge in [-0.05, 0) is 24.6 Å². The number of hydrogen-bond donors (Lipinski definition) is 1. The molecular formula is C15H15F3N2S. The zero-order valence-electron chi connectivity index (χ0n) is 11.4. The number of benzene rings is 1. The Labute approximate surface area is 125 Å². The van der Waals surface area contributed by atoms with Crippen LogP contribution in [0.25, 0.3) is 0 Å². The van der Waals surface area contributed by atoms with Crippen molar-refractivity contribution in [2.45, 2.75) is 23.4 Å².